The summed E-state index contributed by atoms with van der Waals surface area (Å²) in [6.45, 7) is 5.84. The average Bonchev–Trinajstić information content (AvgIpc) is 3.11. The van der Waals surface area contributed by atoms with Crippen LogP contribution in [0.2, 0.25) is 0 Å². The van der Waals surface area contributed by atoms with E-state index in [1.165, 1.54) is 10.9 Å². The monoisotopic (exact) mass is 520 g/mol. The minimum absolute atomic E-state index is 0. The normalized spacial score (nSPS) is 11.1. The van der Waals surface area contributed by atoms with Gasteiger partial charge in [-0.05, 0) is 44.0 Å². The van der Waals surface area contributed by atoms with Gasteiger partial charge in [0, 0.05) is 42.3 Å². The highest BCUT2D eigenvalue weighted by atomic mass is 127. The SMILES string of the molecule is CCNC(=NCCC(=O)Nc1cccc(C)n1)NCCc1c[nH]c2ccccc12.I. The van der Waals surface area contributed by atoms with Crippen LogP contribution in [0.5, 0.6) is 0 Å². The Balaban J connectivity index is 0.00000320. The molecule has 3 aromatic rings. The smallest absolute Gasteiger partial charge is 0.227 e. The molecule has 30 heavy (non-hydrogen) atoms. The Kier molecular flexibility index (Phi) is 9.59. The molecule has 1 amide bonds. The number of nitrogens with one attached hydrogen (secondary N) is 4. The zero-order chi connectivity index (χ0) is 20.5. The van der Waals surface area contributed by atoms with E-state index in [0.29, 0.717) is 24.7 Å². The summed E-state index contributed by atoms with van der Waals surface area (Å²) >= 11 is 0. The van der Waals surface area contributed by atoms with Crippen LogP contribution in [0, 0.1) is 6.92 Å². The summed E-state index contributed by atoms with van der Waals surface area (Å²) in [6, 6.07) is 13.8. The Morgan fingerprint density at radius 1 is 1.13 bits per heavy atom. The number of anilines is 1. The van der Waals surface area contributed by atoms with E-state index in [1.807, 2.05) is 32.0 Å². The van der Waals surface area contributed by atoms with Crippen LogP contribution in [0.4, 0.5) is 5.82 Å². The Hall–Kier alpha value is -2.62. The highest BCUT2D eigenvalue weighted by Gasteiger charge is 2.05. The van der Waals surface area contributed by atoms with Crippen molar-refractivity contribution in [2.24, 2.45) is 4.99 Å². The Bertz CT molecular complexity index is 984. The molecule has 4 N–H and O–H groups in total. The molecule has 0 saturated heterocycles. The summed E-state index contributed by atoms with van der Waals surface area (Å²) in [5, 5.41) is 10.6. The van der Waals surface area contributed by atoms with Gasteiger partial charge in [-0.15, -0.1) is 24.0 Å². The van der Waals surface area contributed by atoms with E-state index in [-0.39, 0.29) is 29.9 Å². The van der Waals surface area contributed by atoms with Gasteiger partial charge < -0.3 is 20.9 Å². The molecule has 0 fully saturated rings. The molecule has 0 aliphatic rings. The van der Waals surface area contributed by atoms with Crippen molar-refractivity contribution in [1.82, 2.24) is 20.6 Å². The largest absolute Gasteiger partial charge is 0.361 e. The minimum atomic E-state index is -0.0958. The van der Waals surface area contributed by atoms with Crippen LogP contribution in [-0.2, 0) is 11.2 Å². The summed E-state index contributed by atoms with van der Waals surface area (Å²) in [5.41, 5.74) is 3.29. The van der Waals surface area contributed by atoms with Gasteiger partial charge in [0.2, 0.25) is 5.91 Å². The number of fused-ring (bicyclic) bond motifs is 1. The third-order valence-electron chi connectivity index (χ3n) is 4.47. The fourth-order valence-electron chi connectivity index (χ4n) is 3.08. The van der Waals surface area contributed by atoms with Crippen molar-refractivity contribution in [1.29, 1.82) is 0 Å². The number of aromatic amines is 1. The number of pyridine rings is 1. The second kappa shape index (κ2) is 12.2. The zero-order valence-electron chi connectivity index (χ0n) is 17.4. The lowest BCUT2D eigenvalue weighted by atomic mass is 10.1. The number of rotatable bonds is 8. The van der Waals surface area contributed by atoms with E-state index in [1.54, 1.807) is 6.07 Å². The lowest BCUT2D eigenvalue weighted by Gasteiger charge is -2.11. The van der Waals surface area contributed by atoms with Crippen LogP contribution in [0.1, 0.15) is 24.6 Å². The molecule has 0 aliphatic heterocycles. The highest BCUT2D eigenvalue weighted by Crippen LogP contribution is 2.17. The summed E-state index contributed by atoms with van der Waals surface area (Å²) < 4.78 is 0. The number of halogens is 1. The molecule has 160 valence electrons. The predicted molar refractivity (Wildman–Crippen MR) is 134 cm³/mol. The number of benzene rings is 1. The molecule has 2 aromatic heterocycles. The Morgan fingerprint density at radius 2 is 1.97 bits per heavy atom. The molecule has 7 nitrogen and oxygen atoms in total. The molecule has 1 aromatic carbocycles. The summed E-state index contributed by atoms with van der Waals surface area (Å²) in [5.74, 6) is 1.19. The molecule has 0 spiro atoms. The molecule has 0 bridgehead atoms. The lowest BCUT2D eigenvalue weighted by Crippen LogP contribution is -2.38. The lowest BCUT2D eigenvalue weighted by molar-refractivity contribution is -0.116. The third kappa shape index (κ3) is 7.01. The average molecular weight is 520 g/mol. The van der Waals surface area contributed by atoms with Crippen molar-refractivity contribution < 1.29 is 4.79 Å². The van der Waals surface area contributed by atoms with E-state index >= 15 is 0 Å². The van der Waals surface area contributed by atoms with E-state index in [9.17, 15) is 4.79 Å². The Labute approximate surface area is 194 Å². The van der Waals surface area contributed by atoms with Crippen LogP contribution in [-0.4, -0.2) is 41.5 Å². The topological polar surface area (TPSA) is 94.2 Å². The van der Waals surface area contributed by atoms with Crippen LogP contribution in [0.3, 0.4) is 0 Å². The number of nitrogens with zero attached hydrogens (tertiary/aromatic N) is 2. The second-order valence-electron chi connectivity index (χ2n) is 6.76. The van der Waals surface area contributed by atoms with Crippen LogP contribution < -0.4 is 16.0 Å². The number of hydrogen-bond donors (Lipinski definition) is 4. The number of hydrogen-bond acceptors (Lipinski definition) is 3. The Morgan fingerprint density at radius 3 is 2.77 bits per heavy atom. The van der Waals surface area contributed by atoms with Crippen LogP contribution in [0.15, 0.2) is 53.7 Å². The number of aliphatic imine (C=N–C) groups is 1. The maximum absolute atomic E-state index is 12.1. The summed E-state index contributed by atoms with van der Waals surface area (Å²) in [4.78, 5) is 24.2. The summed E-state index contributed by atoms with van der Waals surface area (Å²) in [7, 11) is 0. The highest BCUT2D eigenvalue weighted by molar-refractivity contribution is 14.0. The molecule has 3 rings (SSSR count). The minimum Gasteiger partial charge on any atom is -0.361 e. The first kappa shape index (κ1) is 23.7. The van der Waals surface area contributed by atoms with Gasteiger partial charge in [0.1, 0.15) is 5.82 Å². The van der Waals surface area contributed by atoms with E-state index in [4.69, 9.17) is 0 Å². The van der Waals surface area contributed by atoms with Gasteiger partial charge in [0.25, 0.3) is 0 Å². The van der Waals surface area contributed by atoms with Crippen LogP contribution >= 0.6 is 24.0 Å². The number of H-pyrrole nitrogens is 1. The molecule has 0 aliphatic carbocycles. The van der Waals surface area contributed by atoms with Gasteiger partial charge in [-0.25, -0.2) is 4.98 Å². The molecule has 0 radical (unpaired) electrons. The molecular formula is C22H29IN6O. The van der Waals surface area contributed by atoms with Gasteiger partial charge in [-0.3, -0.25) is 9.79 Å². The van der Waals surface area contributed by atoms with Crippen molar-refractivity contribution in [3.63, 3.8) is 0 Å². The number of carbonyl (C=O) groups excluding carboxylic acids is 1. The van der Waals surface area contributed by atoms with Gasteiger partial charge in [-0.2, -0.15) is 0 Å². The molecule has 0 atom stereocenters. The van der Waals surface area contributed by atoms with E-state index in [0.717, 1.165) is 30.7 Å². The third-order valence-corrected chi connectivity index (χ3v) is 4.47. The fraction of sp³-hybridized carbons (Fsp3) is 0.318. The quantitative estimate of drug-likeness (QED) is 0.207. The zero-order valence-corrected chi connectivity index (χ0v) is 19.7. The van der Waals surface area contributed by atoms with E-state index < -0.39 is 0 Å². The first-order valence-electron chi connectivity index (χ1n) is 9.96. The van der Waals surface area contributed by atoms with Gasteiger partial charge in [0.05, 0.1) is 6.54 Å². The molecule has 2 heterocycles. The number of aryl methyl sites for hydroxylation is 1. The molecule has 8 heteroatoms. The standard InChI is InChI=1S/C22H28N6O.HI/c1-3-23-22(24-13-11-17-15-26-19-9-5-4-8-18(17)19)25-14-12-21(29)28-20-10-6-7-16(2)27-20;/h4-10,15,26H,3,11-14H2,1-2H3,(H2,23,24,25)(H,27,28,29);1H. The van der Waals surface area contributed by atoms with Gasteiger partial charge in [0.15, 0.2) is 5.96 Å². The molecule has 0 unspecified atom stereocenters. The number of amides is 1. The number of aromatic nitrogens is 2. The maximum Gasteiger partial charge on any atom is 0.227 e. The van der Waals surface area contributed by atoms with Crippen LogP contribution in [0.25, 0.3) is 10.9 Å². The first-order chi connectivity index (χ1) is 14.2. The van der Waals surface area contributed by atoms with E-state index in [2.05, 4.69) is 55.3 Å². The van der Waals surface area contributed by atoms with Crippen molar-refractivity contribution in [2.45, 2.75) is 26.7 Å². The predicted octanol–water partition coefficient (Wildman–Crippen LogP) is 3.62. The molecule has 0 saturated carbocycles. The molecular weight excluding hydrogens is 491 g/mol. The second-order valence-corrected chi connectivity index (χ2v) is 6.76. The van der Waals surface area contributed by atoms with Gasteiger partial charge in [-0.1, -0.05) is 24.3 Å². The van der Waals surface area contributed by atoms with Crippen molar-refractivity contribution in [2.75, 3.05) is 25.0 Å². The van der Waals surface area contributed by atoms with Crippen molar-refractivity contribution in [3.05, 3.63) is 59.9 Å². The number of para-hydroxylation sites is 1. The van der Waals surface area contributed by atoms with Crippen molar-refractivity contribution in [3.8, 4) is 0 Å². The first-order valence-corrected chi connectivity index (χ1v) is 9.96. The van der Waals surface area contributed by atoms with Crippen molar-refractivity contribution >= 4 is 52.6 Å². The summed E-state index contributed by atoms with van der Waals surface area (Å²) in [6.07, 6.45) is 3.24. The maximum atomic E-state index is 12.1. The van der Waals surface area contributed by atoms with Gasteiger partial charge >= 0.3 is 0 Å². The fourth-order valence-corrected chi connectivity index (χ4v) is 3.08. The number of guanidine groups is 1. The number of carbonyl (C=O) groups is 1.